The minimum absolute atomic E-state index is 0.143. The molecule has 20 heavy (non-hydrogen) atoms. The van der Waals surface area contributed by atoms with Crippen molar-refractivity contribution in [1.29, 1.82) is 0 Å². The molecule has 0 aromatic carbocycles. The van der Waals surface area contributed by atoms with Gasteiger partial charge in [-0.3, -0.25) is 9.59 Å². The Labute approximate surface area is 116 Å². The molecule has 2 amide bonds. The number of hydrogen-bond acceptors (Lipinski definition) is 4. The fourth-order valence-corrected chi connectivity index (χ4v) is 1.40. The Bertz CT molecular complexity index is 499. The maximum Gasteiger partial charge on any atom is 0.354 e. The van der Waals surface area contributed by atoms with E-state index in [2.05, 4.69) is 15.6 Å². The summed E-state index contributed by atoms with van der Waals surface area (Å²) in [6.45, 7) is 4.05. The number of rotatable bonds is 6. The minimum atomic E-state index is -1.16. The van der Waals surface area contributed by atoms with Gasteiger partial charge in [-0.15, -0.1) is 0 Å². The zero-order valence-electron chi connectivity index (χ0n) is 11.3. The molecule has 0 bridgehead atoms. The molecule has 108 valence electrons. The van der Waals surface area contributed by atoms with Gasteiger partial charge >= 0.3 is 5.97 Å². The maximum atomic E-state index is 11.8. The van der Waals surface area contributed by atoms with Crippen molar-refractivity contribution in [2.45, 2.75) is 26.3 Å². The summed E-state index contributed by atoms with van der Waals surface area (Å²) < 4.78 is 0. The highest BCUT2D eigenvalue weighted by Gasteiger charge is 2.16. The van der Waals surface area contributed by atoms with Crippen molar-refractivity contribution in [1.82, 2.24) is 15.6 Å². The van der Waals surface area contributed by atoms with E-state index in [9.17, 15) is 14.4 Å². The summed E-state index contributed by atoms with van der Waals surface area (Å²) in [4.78, 5) is 37.7. The standard InChI is InChI=1S/C13H17N3O4/c1-3-6-14-11(17)8(2)16-12(18)9-4-5-10(13(19)20)15-7-9/h4-5,7-8H,3,6H2,1-2H3,(H,14,17)(H,16,18)(H,19,20). The smallest absolute Gasteiger partial charge is 0.354 e. The average Bonchev–Trinajstić information content (AvgIpc) is 2.44. The molecule has 3 N–H and O–H groups in total. The van der Waals surface area contributed by atoms with Crippen molar-refractivity contribution < 1.29 is 19.5 Å². The second-order valence-corrected chi connectivity index (χ2v) is 4.22. The normalized spacial score (nSPS) is 11.5. The summed E-state index contributed by atoms with van der Waals surface area (Å²) in [5, 5.41) is 13.9. The van der Waals surface area contributed by atoms with Gasteiger partial charge in [0.2, 0.25) is 5.91 Å². The lowest BCUT2D eigenvalue weighted by atomic mass is 10.2. The fourth-order valence-electron chi connectivity index (χ4n) is 1.40. The Kier molecular flexibility index (Phi) is 5.64. The molecule has 1 atom stereocenters. The molecule has 0 aliphatic carbocycles. The van der Waals surface area contributed by atoms with Crippen LogP contribution in [0.15, 0.2) is 18.3 Å². The van der Waals surface area contributed by atoms with Crippen LogP contribution in [0.4, 0.5) is 0 Å². The molecule has 0 saturated carbocycles. The van der Waals surface area contributed by atoms with E-state index in [-0.39, 0.29) is 17.2 Å². The van der Waals surface area contributed by atoms with E-state index in [1.54, 1.807) is 6.92 Å². The second-order valence-electron chi connectivity index (χ2n) is 4.22. The minimum Gasteiger partial charge on any atom is -0.477 e. The lowest BCUT2D eigenvalue weighted by Crippen LogP contribution is -2.45. The van der Waals surface area contributed by atoms with Crippen LogP contribution in [-0.4, -0.2) is 40.5 Å². The number of aromatic carboxylic acids is 1. The third kappa shape index (κ3) is 4.34. The molecule has 1 rings (SSSR count). The lowest BCUT2D eigenvalue weighted by molar-refractivity contribution is -0.122. The van der Waals surface area contributed by atoms with Crippen LogP contribution in [0.25, 0.3) is 0 Å². The molecule has 1 aromatic rings. The van der Waals surface area contributed by atoms with Crippen LogP contribution in [0.1, 0.15) is 41.1 Å². The number of pyridine rings is 1. The van der Waals surface area contributed by atoms with Crippen LogP contribution >= 0.6 is 0 Å². The van der Waals surface area contributed by atoms with E-state index >= 15 is 0 Å². The molecular weight excluding hydrogens is 262 g/mol. The molecule has 7 heteroatoms. The molecule has 0 aliphatic heterocycles. The van der Waals surface area contributed by atoms with Gasteiger partial charge in [0, 0.05) is 12.7 Å². The predicted octanol–water partition coefficient (Wildman–Crippen LogP) is 0.424. The van der Waals surface area contributed by atoms with E-state index in [1.807, 2.05) is 6.92 Å². The van der Waals surface area contributed by atoms with Gasteiger partial charge in [0.05, 0.1) is 5.56 Å². The van der Waals surface area contributed by atoms with Gasteiger partial charge in [-0.2, -0.15) is 0 Å². The summed E-state index contributed by atoms with van der Waals surface area (Å²) in [5.41, 5.74) is 0.0560. The van der Waals surface area contributed by atoms with Crippen molar-refractivity contribution in [3.63, 3.8) is 0 Å². The molecule has 0 saturated heterocycles. The maximum absolute atomic E-state index is 11.8. The molecule has 0 fully saturated rings. The number of hydrogen-bond donors (Lipinski definition) is 3. The summed E-state index contributed by atoms with van der Waals surface area (Å²) in [6.07, 6.45) is 1.97. The first-order valence-electron chi connectivity index (χ1n) is 6.23. The van der Waals surface area contributed by atoms with Crippen molar-refractivity contribution in [3.05, 3.63) is 29.6 Å². The van der Waals surface area contributed by atoms with Gasteiger partial charge in [-0.25, -0.2) is 9.78 Å². The number of carbonyl (C=O) groups is 3. The van der Waals surface area contributed by atoms with Crippen LogP contribution in [-0.2, 0) is 4.79 Å². The van der Waals surface area contributed by atoms with Crippen molar-refractivity contribution >= 4 is 17.8 Å². The van der Waals surface area contributed by atoms with E-state index in [0.717, 1.165) is 12.6 Å². The number of carboxylic acid groups (broad SMARTS) is 1. The Morgan fingerprint density at radius 1 is 1.35 bits per heavy atom. The van der Waals surface area contributed by atoms with Crippen LogP contribution in [0, 0.1) is 0 Å². The Morgan fingerprint density at radius 3 is 2.55 bits per heavy atom. The predicted molar refractivity (Wildman–Crippen MR) is 71.4 cm³/mol. The number of aromatic nitrogens is 1. The number of amides is 2. The lowest BCUT2D eigenvalue weighted by Gasteiger charge is -2.13. The summed E-state index contributed by atoms with van der Waals surface area (Å²) in [6, 6.07) is 1.91. The fraction of sp³-hybridized carbons (Fsp3) is 0.385. The third-order valence-corrected chi connectivity index (χ3v) is 2.53. The first-order chi connectivity index (χ1) is 9.45. The van der Waals surface area contributed by atoms with Gasteiger partial charge in [0.15, 0.2) is 0 Å². The van der Waals surface area contributed by atoms with Gasteiger partial charge in [0.1, 0.15) is 11.7 Å². The Hall–Kier alpha value is -2.44. The van der Waals surface area contributed by atoms with Crippen LogP contribution in [0.5, 0.6) is 0 Å². The van der Waals surface area contributed by atoms with E-state index in [1.165, 1.54) is 12.1 Å². The monoisotopic (exact) mass is 279 g/mol. The highest BCUT2D eigenvalue weighted by Crippen LogP contribution is 2.01. The number of nitrogens with one attached hydrogen (secondary N) is 2. The van der Waals surface area contributed by atoms with Crippen LogP contribution in [0.3, 0.4) is 0 Å². The summed E-state index contributed by atoms with van der Waals surface area (Å²) >= 11 is 0. The molecule has 1 unspecified atom stereocenters. The van der Waals surface area contributed by atoms with E-state index < -0.39 is 17.9 Å². The van der Waals surface area contributed by atoms with Gasteiger partial charge in [-0.05, 0) is 25.5 Å². The van der Waals surface area contributed by atoms with Gasteiger partial charge < -0.3 is 15.7 Å². The largest absolute Gasteiger partial charge is 0.477 e. The molecule has 1 heterocycles. The van der Waals surface area contributed by atoms with Gasteiger partial charge in [0.25, 0.3) is 5.91 Å². The molecule has 7 nitrogen and oxygen atoms in total. The Morgan fingerprint density at radius 2 is 2.05 bits per heavy atom. The molecule has 0 aliphatic rings. The quantitative estimate of drug-likeness (QED) is 0.699. The zero-order valence-corrected chi connectivity index (χ0v) is 11.3. The number of carboxylic acids is 1. The first-order valence-corrected chi connectivity index (χ1v) is 6.23. The topological polar surface area (TPSA) is 108 Å². The average molecular weight is 279 g/mol. The highest BCUT2D eigenvalue weighted by atomic mass is 16.4. The molecule has 0 radical (unpaired) electrons. The SMILES string of the molecule is CCCNC(=O)C(C)NC(=O)c1ccc(C(=O)O)nc1. The van der Waals surface area contributed by atoms with Crippen LogP contribution < -0.4 is 10.6 Å². The Balaban J connectivity index is 2.62. The molecule has 0 spiro atoms. The van der Waals surface area contributed by atoms with Crippen molar-refractivity contribution in [2.24, 2.45) is 0 Å². The number of carbonyl (C=O) groups excluding carboxylic acids is 2. The molecular formula is C13H17N3O4. The summed E-state index contributed by atoms with van der Waals surface area (Å²) in [7, 11) is 0. The zero-order chi connectivity index (χ0) is 15.1. The third-order valence-electron chi connectivity index (χ3n) is 2.53. The first kappa shape index (κ1) is 15.6. The van der Waals surface area contributed by atoms with Crippen molar-refractivity contribution in [3.8, 4) is 0 Å². The van der Waals surface area contributed by atoms with Gasteiger partial charge in [-0.1, -0.05) is 6.92 Å². The molecule has 1 aromatic heterocycles. The highest BCUT2D eigenvalue weighted by molar-refractivity contribution is 5.97. The number of nitrogens with zero attached hydrogens (tertiary/aromatic N) is 1. The summed E-state index contributed by atoms with van der Waals surface area (Å²) in [5.74, 6) is -1.91. The van der Waals surface area contributed by atoms with E-state index in [0.29, 0.717) is 6.54 Å². The van der Waals surface area contributed by atoms with Crippen molar-refractivity contribution in [2.75, 3.05) is 6.54 Å². The second kappa shape index (κ2) is 7.22. The van der Waals surface area contributed by atoms with Crippen LogP contribution in [0.2, 0.25) is 0 Å². The van der Waals surface area contributed by atoms with E-state index in [4.69, 9.17) is 5.11 Å².